The quantitative estimate of drug-likeness (QED) is 0.723. The number of rotatable bonds is 4. The van der Waals surface area contributed by atoms with Crippen molar-refractivity contribution in [3.63, 3.8) is 0 Å². The fraction of sp³-hybridized carbons (Fsp3) is 0.250. The molecule has 24 heavy (non-hydrogen) atoms. The molecule has 0 spiro atoms. The third-order valence-electron chi connectivity index (χ3n) is 3.04. The molecule has 3 rings (SSSR count). The van der Waals surface area contributed by atoms with Crippen LogP contribution in [-0.4, -0.2) is 28.9 Å². The first kappa shape index (κ1) is 17.4. The second-order valence-corrected chi connectivity index (χ2v) is 4.91. The maximum Gasteiger partial charge on any atom is 0.414 e. The fourth-order valence-electron chi connectivity index (χ4n) is 1.96. The Morgan fingerprint density at radius 3 is 2.38 bits per heavy atom. The summed E-state index contributed by atoms with van der Waals surface area (Å²) in [5.74, 6) is -0.114. The summed E-state index contributed by atoms with van der Waals surface area (Å²) < 4.78 is 16.1. The molecule has 0 fully saturated rings. The van der Waals surface area contributed by atoms with Crippen LogP contribution in [0, 0.1) is 6.92 Å². The first-order chi connectivity index (χ1) is 11.5. The molecule has 1 aliphatic rings. The third kappa shape index (κ3) is 5.03. The van der Waals surface area contributed by atoms with E-state index in [1.807, 2.05) is 37.3 Å². The molecule has 8 nitrogen and oxygen atoms in total. The van der Waals surface area contributed by atoms with Crippen molar-refractivity contribution in [1.82, 2.24) is 5.32 Å². The maximum atomic E-state index is 9.10. The average molecular weight is 335 g/mol. The molecule has 1 aromatic heterocycles. The maximum absolute atomic E-state index is 9.10. The molecule has 0 atom stereocenters. The number of fused-ring (bicyclic) bond motifs is 1. The second kappa shape index (κ2) is 8.02. The summed E-state index contributed by atoms with van der Waals surface area (Å²) in [6, 6.07) is 9.94. The number of furan rings is 1. The standard InChI is InChI=1S/C14H15NO3.C2H2O4/c1-10-2-4-12(18-10)8-15-7-11-3-5-13-14(6-11)17-9-16-13;3-1(4)2(5)6/h2-6,15H,7-9H2,1H3;(H,3,4)(H,5,6). The molecule has 3 N–H and O–H groups in total. The van der Waals surface area contributed by atoms with Gasteiger partial charge in [0.15, 0.2) is 11.5 Å². The minimum Gasteiger partial charge on any atom is -0.473 e. The average Bonchev–Trinajstić information content (AvgIpc) is 3.16. The minimum absolute atomic E-state index is 0.317. The van der Waals surface area contributed by atoms with Gasteiger partial charge in [0.05, 0.1) is 6.54 Å². The van der Waals surface area contributed by atoms with Crippen molar-refractivity contribution < 1.29 is 33.7 Å². The van der Waals surface area contributed by atoms with Crippen molar-refractivity contribution in [3.8, 4) is 11.5 Å². The summed E-state index contributed by atoms with van der Waals surface area (Å²) >= 11 is 0. The van der Waals surface area contributed by atoms with E-state index in [2.05, 4.69) is 5.32 Å². The van der Waals surface area contributed by atoms with Crippen LogP contribution in [0.15, 0.2) is 34.7 Å². The van der Waals surface area contributed by atoms with Crippen LogP contribution in [0.4, 0.5) is 0 Å². The first-order valence-corrected chi connectivity index (χ1v) is 7.06. The number of carboxylic acid groups (broad SMARTS) is 2. The Kier molecular flexibility index (Phi) is 5.80. The lowest BCUT2D eigenvalue weighted by atomic mass is 10.2. The van der Waals surface area contributed by atoms with Gasteiger partial charge < -0.3 is 29.4 Å². The fourth-order valence-corrected chi connectivity index (χ4v) is 1.96. The monoisotopic (exact) mass is 335 g/mol. The van der Waals surface area contributed by atoms with Crippen LogP contribution in [0.25, 0.3) is 0 Å². The molecule has 1 aliphatic heterocycles. The molecule has 0 saturated carbocycles. The minimum atomic E-state index is -1.82. The molecule has 1 aromatic carbocycles. The molecule has 128 valence electrons. The van der Waals surface area contributed by atoms with Crippen LogP contribution >= 0.6 is 0 Å². The lowest BCUT2D eigenvalue weighted by Crippen LogP contribution is -2.11. The van der Waals surface area contributed by atoms with Gasteiger partial charge in [-0.1, -0.05) is 6.07 Å². The Morgan fingerprint density at radius 1 is 1.04 bits per heavy atom. The van der Waals surface area contributed by atoms with E-state index in [1.165, 1.54) is 5.56 Å². The zero-order valence-electron chi connectivity index (χ0n) is 12.9. The van der Waals surface area contributed by atoms with E-state index >= 15 is 0 Å². The van der Waals surface area contributed by atoms with Gasteiger partial charge in [-0.05, 0) is 36.8 Å². The molecule has 0 aliphatic carbocycles. The van der Waals surface area contributed by atoms with Crippen molar-refractivity contribution >= 4 is 11.9 Å². The second-order valence-electron chi connectivity index (χ2n) is 4.91. The predicted octanol–water partition coefficient (Wildman–Crippen LogP) is 1.76. The van der Waals surface area contributed by atoms with E-state index in [0.717, 1.165) is 36.1 Å². The van der Waals surface area contributed by atoms with Crippen molar-refractivity contribution in [2.75, 3.05) is 6.79 Å². The van der Waals surface area contributed by atoms with E-state index < -0.39 is 11.9 Å². The SMILES string of the molecule is Cc1ccc(CNCc2ccc3c(c2)OCO3)o1.O=C(O)C(=O)O. The number of carbonyl (C=O) groups is 2. The highest BCUT2D eigenvalue weighted by Gasteiger charge is 2.12. The summed E-state index contributed by atoms with van der Waals surface area (Å²) in [5.41, 5.74) is 1.17. The lowest BCUT2D eigenvalue weighted by molar-refractivity contribution is -0.159. The van der Waals surface area contributed by atoms with Gasteiger partial charge in [-0.25, -0.2) is 9.59 Å². The van der Waals surface area contributed by atoms with E-state index in [1.54, 1.807) is 0 Å². The Bertz CT molecular complexity index is 711. The highest BCUT2D eigenvalue weighted by molar-refractivity contribution is 6.27. The summed E-state index contributed by atoms with van der Waals surface area (Å²) in [7, 11) is 0. The van der Waals surface area contributed by atoms with Gasteiger partial charge >= 0.3 is 11.9 Å². The van der Waals surface area contributed by atoms with Crippen LogP contribution in [0.3, 0.4) is 0 Å². The van der Waals surface area contributed by atoms with E-state index in [0.29, 0.717) is 6.79 Å². The lowest BCUT2D eigenvalue weighted by Gasteiger charge is -2.04. The topological polar surface area (TPSA) is 118 Å². The molecule has 0 saturated heterocycles. The highest BCUT2D eigenvalue weighted by Crippen LogP contribution is 2.32. The van der Waals surface area contributed by atoms with Crippen LogP contribution in [0.5, 0.6) is 11.5 Å². The smallest absolute Gasteiger partial charge is 0.414 e. The molecule has 0 unspecified atom stereocenters. The van der Waals surface area contributed by atoms with Gasteiger partial charge in [-0.2, -0.15) is 0 Å². The van der Waals surface area contributed by atoms with Crippen LogP contribution in [-0.2, 0) is 22.7 Å². The number of hydrogen-bond donors (Lipinski definition) is 3. The van der Waals surface area contributed by atoms with Gasteiger partial charge in [0.2, 0.25) is 6.79 Å². The van der Waals surface area contributed by atoms with Crippen molar-refractivity contribution in [2.24, 2.45) is 0 Å². The molecule has 0 amide bonds. The molecule has 0 radical (unpaired) electrons. The third-order valence-corrected chi connectivity index (χ3v) is 3.04. The molecule has 0 bridgehead atoms. The van der Waals surface area contributed by atoms with Gasteiger partial charge in [0.25, 0.3) is 0 Å². The number of ether oxygens (including phenoxy) is 2. The molecule has 2 heterocycles. The van der Waals surface area contributed by atoms with Crippen molar-refractivity contribution in [1.29, 1.82) is 0 Å². The Hall–Kier alpha value is -3.00. The summed E-state index contributed by atoms with van der Waals surface area (Å²) in [6.07, 6.45) is 0. The van der Waals surface area contributed by atoms with Gasteiger partial charge in [-0.3, -0.25) is 0 Å². The largest absolute Gasteiger partial charge is 0.473 e. The Morgan fingerprint density at radius 2 is 1.75 bits per heavy atom. The zero-order chi connectivity index (χ0) is 17.5. The molecule has 2 aromatic rings. The van der Waals surface area contributed by atoms with E-state index in [-0.39, 0.29) is 0 Å². The molecular formula is C16H17NO7. The predicted molar refractivity (Wildman–Crippen MR) is 81.8 cm³/mol. The number of aryl methyl sites for hydroxylation is 1. The number of hydrogen-bond acceptors (Lipinski definition) is 6. The van der Waals surface area contributed by atoms with E-state index in [4.69, 9.17) is 33.7 Å². The normalized spacial score (nSPS) is 11.5. The molecular weight excluding hydrogens is 318 g/mol. The Balaban J connectivity index is 0.000000301. The molecule has 8 heteroatoms. The number of carboxylic acids is 2. The highest BCUT2D eigenvalue weighted by atomic mass is 16.7. The van der Waals surface area contributed by atoms with Gasteiger partial charge in [-0.15, -0.1) is 0 Å². The first-order valence-electron chi connectivity index (χ1n) is 7.06. The summed E-state index contributed by atoms with van der Waals surface area (Å²) in [6.45, 7) is 3.76. The van der Waals surface area contributed by atoms with Crippen molar-refractivity contribution in [3.05, 3.63) is 47.4 Å². The summed E-state index contributed by atoms with van der Waals surface area (Å²) in [5, 5.41) is 18.1. The van der Waals surface area contributed by atoms with Gasteiger partial charge in [0.1, 0.15) is 11.5 Å². The Labute approximate surface area is 137 Å². The van der Waals surface area contributed by atoms with E-state index in [9.17, 15) is 0 Å². The zero-order valence-corrected chi connectivity index (χ0v) is 12.9. The van der Waals surface area contributed by atoms with Crippen LogP contribution < -0.4 is 14.8 Å². The summed E-state index contributed by atoms with van der Waals surface area (Å²) in [4.78, 5) is 18.2. The number of benzene rings is 1. The number of nitrogens with one attached hydrogen (secondary N) is 1. The van der Waals surface area contributed by atoms with Crippen molar-refractivity contribution in [2.45, 2.75) is 20.0 Å². The van der Waals surface area contributed by atoms with Gasteiger partial charge in [0, 0.05) is 6.54 Å². The van der Waals surface area contributed by atoms with Crippen LogP contribution in [0.2, 0.25) is 0 Å². The van der Waals surface area contributed by atoms with Crippen LogP contribution in [0.1, 0.15) is 17.1 Å². The number of aliphatic carboxylic acids is 2.